The van der Waals surface area contributed by atoms with E-state index in [-0.39, 0.29) is 5.97 Å². The molecule has 3 rings (SSSR count). The summed E-state index contributed by atoms with van der Waals surface area (Å²) in [5.74, 6) is -0.330. The summed E-state index contributed by atoms with van der Waals surface area (Å²) in [6.45, 7) is 6.14. The molecule has 0 radical (unpaired) electrons. The molecule has 0 N–H and O–H groups in total. The number of hydrogen-bond acceptors (Lipinski definition) is 3. The lowest BCUT2D eigenvalue weighted by Crippen LogP contribution is -2.53. The van der Waals surface area contributed by atoms with Crippen LogP contribution in [-0.4, -0.2) is 24.3 Å². The van der Waals surface area contributed by atoms with Gasteiger partial charge >= 0.3 is 5.97 Å². The van der Waals surface area contributed by atoms with Crippen molar-refractivity contribution in [2.45, 2.75) is 38.1 Å². The maximum Gasteiger partial charge on any atom is 0.334 e. The summed E-state index contributed by atoms with van der Waals surface area (Å²) >= 11 is 0. The van der Waals surface area contributed by atoms with E-state index in [0.717, 1.165) is 22.4 Å². The molecule has 154 valence electrons. The van der Waals surface area contributed by atoms with Crippen molar-refractivity contribution in [2.75, 3.05) is 7.11 Å². The van der Waals surface area contributed by atoms with Crippen LogP contribution < -0.4 is 0 Å². The summed E-state index contributed by atoms with van der Waals surface area (Å²) in [4.78, 5) is 18.6. The summed E-state index contributed by atoms with van der Waals surface area (Å²) in [5.41, 5.74) is 2.08. The molecule has 3 aromatic carbocycles. The number of aliphatic imine (C=N–C) groups is 1. The number of hydrogen-bond donors (Lipinski definition) is 0. The van der Waals surface area contributed by atoms with Crippen molar-refractivity contribution in [3.05, 3.63) is 108 Å². The molecule has 0 aromatic heterocycles. The van der Waals surface area contributed by atoms with Gasteiger partial charge in [0.25, 0.3) is 0 Å². The van der Waals surface area contributed by atoms with E-state index >= 15 is 0 Å². The Balaban J connectivity index is 2.31. The van der Waals surface area contributed by atoms with Gasteiger partial charge in [0.05, 0.1) is 12.8 Å². The van der Waals surface area contributed by atoms with Gasteiger partial charge in [0.1, 0.15) is 0 Å². The molecule has 0 aliphatic carbocycles. The number of rotatable bonds is 7. The largest absolute Gasteiger partial charge is 0.467 e. The molecule has 3 heteroatoms. The lowest BCUT2D eigenvalue weighted by molar-refractivity contribution is -0.149. The maximum absolute atomic E-state index is 13.4. The van der Waals surface area contributed by atoms with E-state index in [0.29, 0.717) is 6.42 Å². The molecule has 0 aliphatic rings. The Hall–Kier alpha value is -3.20. The van der Waals surface area contributed by atoms with E-state index in [1.165, 1.54) is 7.11 Å². The minimum atomic E-state index is -1.09. The predicted octanol–water partition coefficient (Wildman–Crippen LogP) is 5.82. The van der Waals surface area contributed by atoms with Crippen LogP contribution in [0.5, 0.6) is 0 Å². The summed E-state index contributed by atoms with van der Waals surface area (Å²) in [6, 6.07) is 30.1. The summed E-state index contributed by atoms with van der Waals surface area (Å²) in [7, 11) is 1.44. The standard InChI is InChI=1S/C27H29NO2/c1-5-27(25(29)30-4,26(2,3)23-19-13-8-14-20-23)28-24(21-15-9-6-10-16-21)22-17-11-7-12-18-22/h6-20H,5H2,1-4H3. The van der Waals surface area contributed by atoms with E-state index in [4.69, 9.17) is 9.73 Å². The molecule has 0 heterocycles. The van der Waals surface area contributed by atoms with Crippen LogP contribution in [0.3, 0.4) is 0 Å². The van der Waals surface area contributed by atoms with E-state index < -0.39 is 11.0 Å². The van der Waals surface area contributed by atoms with Gasteiger partial charge in [0.15, 0.2) is 5.54 Å². The lowest BCUT2D eigenvalue weighted by atomic mass is 9.66. The van der Waals surface area contributed by atoms with Crippen LogP contribution in [0, 0.1) is 0 Å². The molecule has 3 nitrogen and oxygen atoms in total. The normalized spacial score (nSPS) is 13.2. The molecule has 0 saturated carbocycles. The minimum absolute atomic E-state index is 0.330. The van der Waals surface area contributed by atoms with Gasteiger partial charge < -0.3 is 4.74 Å². The Labute approximate surface area is 179 Å². The number of esters is 1. The van der Waals surface area contributed by atoms with E-state index in [1.54, 1.807) is 0 Å². The summed E-state index contributed by atoms with van der Waals surface area (Å²) < 4.78 is 5.34. The monoisotopic (exact) mass is 399 g/mol. The smallest absolute Gasteiger partial charge is 0.334 e. The second-order valence-corrected chi connectivity index (χ2v) is 7.89. The molecule has 30 heavy (non-hydrogen) atoms. The minimum Gasteiger partial charge on any atom is -0.467 e. The topological polar surface area (TPSA) is 38.7 Å². The average Bonchev–Trinajstić information content (AvgIpc) is 2.81. The highest BCUT2D eigenvalue weighted by molar-refractivity contribution is 6.14. The molecule has 0 fully saturated rings. The van der Waals surface area contributed by atoms with Crippen molar-refractivity contribution in [1.29, 1.82) is 0 Å². The van der Waals surface area contributed by atoms with Gasteiger partial charge in [0.2, 0.25) is 0 Å². The first-order valence-electron chi connectivity index (χ1n) is 10.3. The number of ether oxygens (including phenoxy) is 1. The fraction of sp³-hybridized carbons (Fsp3) is 0.259. The zero-order chi connectivity index (χ0) is 21.6. The third-order valence-corrected chi connectivity index (χ3v) is 5.96. The maximum atomic E-state index is 13.4. The number of carbonyl (C=O) groups excluding carboxylic acids is 1. The predicted molar refractivity (Wildman–Crippen MR) is 123 cm³/mol. The van der Waals surface area contributed by atoms with Gasteiger partial charge in [-0.05, 0) is 12.0 Å². The van der Waals surface area contributed by atoms with Gasteiger partial charge in [0, 0.05) is 16.5 Å². The van der Waals surface area contributed by atoms with Crippen molar-refractivity contribution >= 4 is 11.7 Å². The SMILES string of the molecule is CCC(N=C(c1ccccc1)c1ccccc1)(C(=O)OC)C(C)(C)c1ccccc1. The van der Waals surface area contributed by atoms with Crippen molar-refractivity contribution < 1.29 is 9.53 Å². The third-order valence-electron chi connectivity index (χ3n) is 5.96. The van der Waals surface area contributed by atoms with Crippen LogP contribution in [0.1, 0.15) is 43.9 Å². The van der Waals surface area contributed by atoms with Gasteiger partial charge in [-0.3, -0.25) is 4.99 Å². The highest BCUT2D eigenvalue weighted by atomic mass is 16.5. The summed E-state index contributed by atoms with van der Waals surface area (Å²) in [6.07, 6.45) is 0.505. The van der Waals surface area contributed by atoms with Crippen molar-refractivity contribution in [1.82, 2.24) is 0 Å². The lowest BCUT2D eigenvalue weighted by Gasteiger charge is -2.42. The average molecular weight is 400 g/mol. The molecule has 0 saturated heterocycles. The van der Waals surface area contributed by atoms with E-state index in [1.807, 2.05) is 97.9 Å². The van der Waals surface area contributed by atoms with Gasteiger partial charge in [-0.25, -0.2) is 4.79 Å². The Morgan fingerprint density at radius 1 is 0.800 bits per heavy atom. The molecule has 3 aromatic rings. The van der Waals surface area contributed by atoms with Crippen molar-refractivity contribution in [2.24, 2.45) is 4.99 Å². The number of benzene rings is 3. The first kappa shape index (κ1) is 21.5. The first-order valence-corrected chi connectivity index (χ1v) is 10.3. The molecular formula is C27H29NO2. The van der Waals surface area contributed by atoms with Crippen molar-refractivity contribution in [3.8, 4) is 0 Å². The fourth-order valence-electron chi connectivity index (χ4n) is 4.05. The first-order chi connectivity index (χ1) is 14.5. The van der Waals surface area contributed by atoms with Crippen LogP contribution in [0.2, 0.25) is 0 Å². The van der Waals surface area contributed by atoms with Gasteiger partial charge in [-0.1, -0.05) is 112 Å². The molecule has 0 aliphatic heterocycles. The van der Waals surface area contributed by atoms with Crippen LogP contribution in [0.25, 0.3) is 0 Å². The van der Waals surface area contributed by atoms with Crippen LogP contribution in [0.4, 0.5) is 0 Å². The summed E-state index contributed by atoms with van der Waals surface area (Å²) in [5, 5.41) is 0. The Morgan fingerprint density at radius 3 is 1.63 bits per heavy atom. The van der Waals surface area contributed by atoms with Gasteiger partial charge in [-0.2, -0.15) is 0 Å². The molecule has 1 atom stereocenters. The van der Waals surface area contributed by atoms with Crippen LogP contribution in [-0.2, 0) is 14.9 Å². The van der Waals surface area contributed by atoms with E-state index in [9.17, 15) is 4.79 Å². The molecular weight excluding hydrogens is 370 g/mol. The Morgan fingerprint density at radius 2 is 1.23 bits per heavy atom. The Bertz CT molecular complexity index is 953. The van der Waals surface area contributed by atoms with Gasteiger partial charge in [-0.15, -0.1) is 0 Å². The number of methoxy groups -OCH3 is 1. The fourth-order valence-corrected chi connectivity index (χ4v) is 4.05. The van der Waals surface area contributed by atoms with Crippen molar-refractivity contribution in [3.63, 3.8) is 0 Å². The molecule has 0 amide bonds. The highest BCUT2D eigenvalue weighted by Crippen LogP contribution is 2.42. The zero-order valence-corrected chi connectivity index (χ0v) is 18.1. The second-order valence-electron chi connectivity index (χ2n) is 7.89. The quantitative estimate of drug-likeness (QED) is 0.371. The zero-order valence-electron chi connectivity index (χ0n) is 18.1. The Kier molecular flexibility index (Phi) is 6.51. The van der Waals surface area contributed by atoms with E-state index in [2.05, 4.69) is 13.8 Å². The molecule has 0 spiro atoms. The third kappa shape index (κ3) is 3.93. The number of carbonyl (C=O) groups is 1. The molecule has 1 unspecified atom stereocenters. The molecule has 0 bridgehead atoms. The second kappa shape index (κ2) is 9.08. The number of nitrogens with zero attached hydrogens (tertiary/aromatic N) is 1. The van der Waals surface area contributed by atoms with Crippen LogP contribution in [0.15, 0.2) is 96.0 Å². The van der Waals surface area contributed by atoms with Crippen LogP contribution >= 0.6 is 0 Å². The highest BCUT2D eigenvalue weighted by Gasteiger charge is 2.52.